The zero-order valence-electron chi connectivity index (χ0n) is 21.4. The number of pyridine rings is 1. The van der Waals surface area contributed by atoms with E-state index in [1.807, 2.05) is 56.3 Å². The van der Waals surface area contributed by atoms with Crippen LogP contribution in [0.3, 0.4) is 0 Å². The van der Waals surface area contributed by atoms with Gasteiger partial charge in [0.2, 0.25) is 0 Å². The number of ether oxygens (including phenoxy) is 1. The molecular formula is C28H28N8O2. The van der Waals surface area contributed by atoms with Crippen LogP contribution < -0.4 is 26.7 Å². The van der Waals surface area contributed by atoms with E-state index in [1.165, 1.54) is 17.2 Å². The monoisotopic (exact) mass is 508 g/mol. The number of nitrogens with one attached hydrogen (secondary N) is 2. The van der Waals surface area contributed by atoms with E-state index >= 15 is 0 Å². The van der Waals surface area contributed by atoms with Gasteiger partial charge in [0.15, 0.2) is 5.49 Å². The topological polar surface area (TPSA) is 123 Å². The fourth-order valence-corrected chi connectivity index (χ4v) is 3.52. The lowest BCUT2D eigenvalue weighted by atomic mass is 10.1. The molecule has 0 saturated carbocycles. The Labute approximate surface area is 220 Å². The van der Waals surface area contributed by atoms with Crippen LogP contribution in [0.15, 0.2) is 78.8 Å². The quantitative estimate of drug-likeness (QED) is 0.258. The summed E-state index contributed by atoms with van der Waals surface area (Å²) in [6, 6.07) is 14.6. The molecule has 0 aliphatic rings. The molecule has 0 saturated heterocycles. The molecule has 2 heterocycles. The molecule has 0 radical (unpaired) electrons. The Hall–Kier alpha value is -5.14. The Morgan fingerprint density at radius 3 is 2.76 bits per heavy atom. The van der Waals surface area contributed by atoms with Gasteiger partial charge in [-0.3, -0.25) is 14.4 Å². The lowest BCUT2D eigenvalue weighted by Gasteiger charge is -2.13. The Bertz CT molecular complexity index is 1630. The average molecular weight is 509 g/mol. The first-order valence-corrected chi connectivity index (χ1v) is 11.7. The molecule has 0 atom stereocenters. The molecule has 2 aromatic carbocycles. The number of fused-ring (bicyclic) bond motifs is 1. The van der Waals surface area contributed by atoms with Gasteiger partial charge in [-0.2, -0.15) is 0 Å². The number of carbonyl (C=O) groups excluding carboxylic acids is 1. The number of nitrogens with zero attached hydrogens (tertiary/aromatic N) is 5. The number of carbonyl (C=O) groups is 1. The molecule has 0 fully saturated rings. The summed E-state index contributed by atoms with van der Waals surface area (Å²) in [5, 5.41) is 6.89. The van der Waals surface area contributed by atoms with Gasteiger partial charge in [-0.25, -0.2) is 15.0 Å². The van der Waals surface area contributed by atoms with Crippen LogP contribution in [0, 0.1) is 18.8 Å². The third kappa shape index (κ3) is 6.54. The molecule has 2 aromatic heterocycles. The minimum absolute atomic E-state index is 0.381. The number of rotatable bonds is 7. The van der Waals surface area contributed by atoms with Crippen molar-refractivity contribution >= 4 is 34.0 Å². The SMILES string of the molecule is C=CN=c1cc(Oc2ccc(Nc3ncnc4ccc(NC(=O)C#CCN(C)C)cc34)cc2C)ccn1N. The van der Waals surface area contributed by atoms with Crippen molar-refractivity contribution in [3.63, 3.8) is 0 Å². The number of nitrogens with two attached hydrogens (primary N) is 1. The Kier molecular flexibility index (Phi) is 8.01. The van der Waals surface area contributed by atoms with Crippen LogP contribution in [0.1, 0.15) is 5.56 Å². The summed E-state index contributed by atoms with van der Waals surface area (Å²) in [5.41, 5.74) is 3.57. The van der Waals surface area contributed by atoms with Crippen molar-refractivity contribution in [1.82, 2.24) is 19.5 Å². The molecule has 4 N–H and O–H groups in total. The van der Waals surface area contributed by atoms with Crippen molar-refractivity contribution in [1.29, 1.82) is 0 Å². The lowest BCUT2D eigenvalue weighted by molar-refractivity contribution is -0.111. The summed E-state index contributed by atoms with van der Waals surface area (Å²) < 4.78 is 7.43. The number of anilines is 3. The van der Waals surface area contributed by atoms with E-state index in [-0.39, 0.29) is 5.91 Å². The molecule has 0 unspecified atom stereocenters. The van der Waals surface area contributed by atoms with Gasteiger partial charge in [-0.15, -0.1) is 0 Å². The predicted octanol–water partition coefficient (Wildman–Crippen LogP) is 3.54. The number of aryl methyl sites for hydroxylation is 1. The second kappa shape index (κ2) is 11.7. The maximum Gasteiger partial charge on any atom is 0.300 e. The van der Waals surface area contributed by atoms with E-state index in [9.17, 15) is 4.79 Å². The first-order chi connectivity index (χ1) is 18.3. The van der Waals surface area contributed by atoms with Gasteiger partial charge in [0.1, 0.15) is 23.6 Å². The highest BCUT2D eigenvalue weighted by Gasteiger charge is 2.09. The summed E-state index contributed by atoms with van der Waals surface area (Å²) in [7, 11) is 3.78. The van der Waals surface area contributed by atoms with Crippen molar-refractivity contribution < 1.29 is 9.53 Å². The smallest absolute Gasteiger partial charge is 0.300 e. The zero-order valence-corrected chi connectivity index (χ0v) is 21.4. The molecule has 0 aliphatic heterocycles. The first-order valence-electron chi connectivity index (χ1n) is 11.7. The van der Waals surface area contributed by atoms with Gasteiger partial charge in [0.05, 0.1) is 12.1 Å². The van der Waals surface area contributed by atoms with Gasteiger partial charge in [0.25, 0.3) is 5.91 Å². The molecule has 0 aliphatic carbocycles. The fourth-order valence-electron chi connectivity index (χ4n) is 3.52. The number of hydrogen-bond acceptors (Lipinski definition) is 8. The van der Waals surface area contributed by atoms with Gasteiger partial charge in [0, 0.05) is 35.2 Å². The second-order valence-corrected chi connectivity index (χ2v) is 8.59. The largest absolute Gasteiger partial charge is 0.457 e. The number of amides is 1. The van der Waals surface area contributed by atoms with E-state index in [2.05, 4.69) is 44.0 Å². The molecule has 0 spiro atoms. The highest BCUT2D eigenvalue weighted by atomic mass is 16.5. The van der Waals surface area contributed by atoms with Crippen LogP contribution in [-0.4, -0.2) is 46.1 Å². The summed E-state index contributed by atoms with van der Waals surface area (Å²) >= 11 is 0. The predicted molar refractivity (Wildman–Crippen MR) is 149 cm³/mol. The van der Waals surface area contributed by atoms with Gasteiger partial charge in [-0.1, -0.05) is 12.5 Å². The highest BCUT2D eigenvalue weighted by Crippen LogP contribution is 2.30. The van der Waals surface area contributed by atoms with E-state index in [1.54, 1.807) is 24.4 Å². The summed E-state index contributed by atoms with van der Waals surface area (Å²) in [6.07, 6.45) is 4.57. The first kappa shape index (κ1) is 25.9. The summed E-state index contributed by atoms with van der Waals surface area (Å²) in [6.45, 7) is 6.05. The number of aromatic nitrogens is 3. The third-order valence-electron chi connectivity index (χ3n) is 5.31. The van der Waals surface area contributed by atoms with E-state index < -0.39 is 0 Å². The van der Waals surface area contributed by atoms with Crippen LogP contribution in [0.25, 0.3) is 10.9 Å². The molecule has 10 heteroatoms. The lowest BCUT2D eigenvalue weighted by Crippen LogP contribution is -2.26. The summed E-state index contributed by atoms with van der Waals surface area (Å²) in [5.74, 6) is 12.8. The summed E-state index contributed by atoms with van der Waals surface area (Å²) in [4.78, 5) is 27.0. The standard InChI is InChI=1S/C28H28N8O2/c1-5-30-26-17-22(12-14-36(26)29)38-25-11-9-20(15-19(25)2)34-28-23-16-21(8-10-24(23)31-18-32-28)33-27(37)7-6-13-35(3)4/h5,8-12,14-18H,1,13,29H2,2-4H3,(H,33,37)(H,31,32,34). The van der Waals surface area contributed by atoms with Crippen LogP contribution in [0.4, 0.5) is 17.2 Å². The molecule has 192 valence electrons. The molecule has 4 aromatic rings. The Morgan fingerprint density at radius 1 is 1.18 bits per heavy atom. The maximum atomic E-state index is 12.2. The third-order valence-corrected chi connectivity index (χ3v) is 5.31. The average Bonchev–Trinajstić information content (AvgIpc) is 2.88. The number of hydrogen-bond donors (Lipinski definition) is 3. The van der Waals surface area contributed by atoms with Gasteiger partial charge < -0.3 is 21.2 Å². The van der Waals surface area contributed by atoms with Crippen molar-refractivity contribution in [3.8, 4) is 23.3 Å². The molecule has 0 bridgehead atoms. The van der Waals surface area contributed by atoms with Gasteiger partial charge in [-0.05, 0) is 75.0 Å². The normalized spacial score (nSPS) is 11.1. The Morgan fingerprint density at radius 2 is 2.00 bits per heavy atom. The van der Waals surface area contributed by atoms with E-state index in [4.69, 9.17) is 10.6 Å². The van der Waals surface area contributed by atoms with Gasteiger partial charge >= 0.3 is 0 Å². The fraction of sp³-hybridized carbons (Fsp3) is 0.143. The van der Waals surface area contributed by atoms with Crippen molar-refractivity contribution in [3.05, 3.63) is 84.9 Å². The van der Waals surface area contributed by atoms with Crippen LogP contribution in [-0.2, 0) is 4.79 Å². The Balaban J connectivity index is 1.54. The van der Waals surface area contributed by atoms with Crippen molar-refractivity contribution in [2.45, 2.75) is 6.92 Å². The van der Waals surface area contributed by atoms with Crippen LogP contribution in [0.2, 0.25) is 0 Å². The van der Waals surface area contributed by atoms with Crippen molar-refractivity contribution in [2.75, 3.05) is 37.1 Å². The zero-order chi connectivity index (χ0) is 27.1. The minimum atomic E-state index is -0.381. The molecular weight excluding hydrogens is 480 g/mol. The molecule has 10 nitrogen and oxygen atoms in total. The number of nitrogen functional groups attached to an aromatic ring is 1. The van der Waals surface area contributed by atoms with Crippen LogP contribution in [0.5, 0.6) is 11.5 Å². The maximum absolute atomic E-state index is 12.2. The van der Waals surface area contributed by atoms with E-state index in [0.29, 0.717) is 35.0 Å². The van der Waals surface area contributed by atoms with Crippen molar-refractivity contribution in [2.24, 2.45) is 4.99 Å². The minimum Gasteiger partial charge on any atom is -0.457 e. The highest BCUT2D eigenvalue weighted by molar-refractivity contribution is 6.05. The van der Waals surface area contributed by atoms with Crippen LogP contribution >= 0.6 is 0 Å². The van der Waals surface area contributed by atoms with E-state index in [0.717, 1.165) is 22.2 Å². The molecule has 4 rings (SSSR count). The molecule has 38 heavy (non-hydrogen) atoms. The number of benzene rings is 2. The molecule has 1 amide bonds. The second-order valence-electron chi connectivity index (χ2n) is 8.59.